The topological polar surface area (TPSA) is 59.8 Å². The van der Waals surface area contributed by atoms with Gasteiger partial charge in [-0.05, 0) is 44.9 Å². The summed E-state index contributed by atoms with van der Waals surface area (Å²) in [5.74, 6) is 0.862. The summed E-state index contributed by atoms with van der Waals surface area (Å²) in [5.41, 5.74) is 2.99. The van der Waals surface area contributed by atoms with Gasteiger partial charge in [0.2, 0.25) is 5.91 Å². The Labute approximate surface area is 147 Å². The van der Waals surface area contributed by atoms with E-state index in [1.807, 2.05) is 17.7 Å². The SMILES string of the molecule is CCn1nc(NC(=O)C2CCCCC2)c2cc3cc(C)ccc3nc21. The van der Waals surface area contributed by atoms with Crippen LogP contribution in [0.1, 0.15) is 44.6 Å². The van der Waals surface area contributed by atoms with Gasteiger partial charge in [0, 0.05) is 17.8 Å². The van der Waals surface area contributed by atoms with E-state index in [0.717, 1.165) is 54.2 Å². The molecule has 1 aromatic carbocycles. The number of fused-ring (bicyclic) bond motifs is 2. The molecular formula is C20H24N4O. The molecule has 1 amide bonds. The van der Waals surface area contributed by atoms with Crippen molar-refractivity contribution in [3.63, 3.8) is 0 Å². The van der Waals surface area contributed by atoms with Crippen molar-refractivity contribution in [1.82, 2.24) is 14.8 Å². The minimum Gasteiger partial charge on any atom is -0.308 e. The molecule has 3 aromatic rings. The van der Waals surface area contributed by atoms with Crippen LogP contribution < -0.4 is 5.32 Å². The molecule has 5 heteroatoms. The van der Waals surface area contributed by atoms with E-state index in [2.05, 4.69) is 35.5 Å². The third-order valence-electron chi connectivity index (χ3n) is 5.19. The lowest BCUT2D eigenvalue weighted by Gasteiger charge is -2.20. The molecule has 2 aromatic heterocycles. The van der Waals surface area contributed by atoms with Gasteiger partial charge in [-0.15, -0.1) is 0 Å². The van der Waals surface area contributed by atoms with E-state index in [1.54, 1.807) is 0 Å². The molecule has 4 rings (SSSR count). The molecule has 0 radical (unpaired) electrons. The van der Waals surface area contributed by atoms with Crippen LogP contribution in [-0.2, 0) is 11.3 Å². The fourth-order valence-corrected chi connectivity index (χ4v) is 3.78. The first-order valence-corrected chi connectivity index (χ1v) is 9.24. The van der Waals surface area contributed by atoms with E-state index in [9.17, 15) is 4.79 Å². The highest BCUT2D eigenvalue weighted by molar-refractivity contribution is 6.03. The maximum Gasteiger partial charge on any atom is 0.228 e. The summed E-state index contributed by atoms with van der Waals surface area (Å²) in [5, 5.41) is 9.69. The predicted octanol–water partition coefficient (Wildman–Crippen LogP) is 4.43. The van der Waals surface area contributed by atoms with Crippen molar-refractivity contribution >= 4 is 33.7 Å². The summed E-state index contributed by atoms with van der Waals surface area (Å²) in [4.78, 5) is 17.4. The minimum atomic E-state index is 0.103. The van der Waals surface area contributed by atoms with Crippen LogP contribution in [0.3, 0.4) is 0 Å². The number of hydrogen-bond acceptors (Lipinski definition) is 3. The maximum atomic E-state index is 12.6. The zero-order valence-corrected chi connectivity index (χ0v) is 14.9. The summed E-state index contributed by atoms with van der Waals surface area (Å²) in [6, 6.07) is 8.33. The summed E-state index contributed by atoms with van der Waals surface area (Å²) < 4.78 is 1.87. The Balaban J connectivity index is 1.75. The van der Waals surface area contributed by atoms with Crippen molar-refractivity contribution in [3.8, 4) is 0 Å². The summed E-state index contributed by atoms with van der Waals surface area (Å²) in [6.45, 7) is 4.84. The zero-order chi connectivity index (χ0) is 17.4. The Morgan fingerprint density at radius 2 is 2.04 bits per heavy atom. The Morgan fingerprint density at radius 3 is 2.80 bits per heavy atom. The molecule has 1 fully saturated rings. The van der Waals surface area contributed by atoms with Crippen LogP contribution in [0.25, 0.3) is 21.9 Å². The molecular weight excluding hydrogens is 312 g/mol. The first kappa shape index (κ1) is 16.1. The Hall–Kier alpha value is -2.43. The Morgan fingerprint density at radius 1 is 1.24 bits per heavy atom. The van der Waals surface area contributed by atoms with Crippen LogP contribution >= 0.6 is 0 Å². The smallest absolute Gasteiger partial charge is 0.228 e. The normalized spacial score (nSPS) is 15.8. The second-order valence-corrected chi connectivity index (χ2v) is 7.04. The highest BCUT2D eigenvalue weighted by atomic mass is 16.2. The largest absolute Gasteiger partial charge is 0.308 e. The number of pyridine rings is 1. The number of hydrogen-bond donors (Lipinski definition) is 1. The molecule has 1 saturated carbocycles. The number of amides is 1. The Kier molecular flexibility index (Phi) is 4.15. The van der Waals surface area contributed by atoms with E-state index >= 15 is 0 Å². The predicted molar refractivity (Wildman–Crippen MR) is 101 cm³/mol. The van der Waals surface area contributed by atoms with Crippen LogP contribution in [0.5, 0.6) is 0 Å². The molecule has 1 N–H and O–H groups in total. The number of aryl methyl sites for hydroxylation is 2. The average Bonchev–Trinajstić information content (AvgIpc) is 2.97. The lowest BCUT2D eigenvalue weighted by molar-refractivity contribution is -0.120. The number of rotatable bonds is 3. The van der Waals surface area contributed by atoms with Crippen molar-refractivity contribution in [2.75, 3.05) is 5.32 Å². The molecule has 5 nitrogen and oxygen atoms in total. The summed E-state index contributed by atoms with van der Waals surface area (Å²) >= 11 is 0. The van der Waals surface area contributed by atoms with E-state index in [1.165, 1.54) is 12.0 Å². The molecule has 0 unspecified atom stereocenters. The molecule has 25 heavy (non-hydrogen) atoms. The Bertz CT molecular complexity index is 938. The number of anilines is 1. The highest BCUT2D eigenvalue weighted by Gasteiger charge is 2.23. The van der Waals surface area contributed by atoms with Crippen LogP contribution in [0.4, 0.5) is 5.82 Å². The fraction of sp³-hybridized carbons (Fsp3) is 0.450. The molecule has 2 heterocycles. The highest BCUT2D eigenvalue weighted by Crippen LogP contribution is 2.29. The van der Waals surface area contributed by atoms with Crippen LogP contribution in [0.15, 0.2) is 24.3 Å². The standard InChI is InChI=1S/C20H24N4O/c1-3-24-19-16(12-15-11-13(2)9-10-17(15)21-19)18(23-24)22-20(25)14-7-5-4-6-8-14/h9-12,14H,3-8H2,1-2H3,(H,22,23,25). The third kappa shape index (κ3) is 2.99. The monoisotopic (exact) mass is 336 g/mol. The van der Waals surface area contributed by atoms with Gasteiger partial charge in [0.15, 0.2) is 11.5 Å². The average molecular weight is 336 g/mol. The lowest BCUT2D eigenvalue weighted by Crippen LogP contribution is -2.25. The van der Waals surface area contributed by atoms with Gasteiger partial charge < -0.3 is 5.32 Å². The van der Waals surface area contributed by atoms with Gasteiger partial charge in [-0.3, -0.25) is 4.79 Å². The van der Waals surface area contributed by atoms with Gasteiger partial charge in [0.1, 0.15) is 0 Å². The number of carbonyl (C=O) groups is 1. The maximum absolute atomic E-state index is 12.6. The number of aromatic nitrogens is 3. The molecule has 0 saturated heterocycles. The van der Waals surface area contributed by atoms with Gasteiger partial charge >= 0.3 is 0 Å². The van der Waals surface area contributed by atoms with Gasteiger partial charge in [-0.25, -0.2) is 9.67 Å². The number of nitrogens with zero attached hydrogens (tertiary/aromatic N) is 3. The van der Waals surface area contributed by atoms with Crippen LogP contribution in [0, 0.1) is 12.8 Å². The molecule has 0 bridgehead atoms. The van der Waals surface area contributed by atoms with E-state index in [0.29, 0.717) is 5.82 Å². The summed E-state index contributed by atoms with van der Waals surface area (Å²) in [6.07, 6.45) is 5.51. The third-order valence-corrected chi connectivity index (χ3v) is 5.19. The van der Waals surface area contributed by atoms with Crippen molar-refractivity contribution in [2.24, 2.45) is 5.92 Å². The lowest BCUT2D eigenvalue weighted by atomic mass is 9.89. The van der Waals surface area contributed by atoms with Gasteiger partial charge in [0.25, 0.3) is 0 Å². The van der Waals surface area contributed by atoms with Crippen LogP contribution in [0.2, 0.25) is 0 Å². The molecule has 1 aliphatic rings. The quantitative estimate of drug-likeness (QED) is 0.769. The van der Waals surface area contributed by atoms with Gasteiger partial charge in [-0.1, -0.05) is 30.9 Å². The first-order valence-electron chi connectivity index (χ1n) is 9.24. The van der Waals surface area contributed by atoms with Crippen molar-refractivity contribution < 1.29 is 4.79 Å². The fourth-order valence-electron chi connectivity index (χ4n) is 3.78. The number of benzene rings is 1. The zero-order valence-electron chi connectivity index (χ0n) is 14.9. The van der Waals surface area contributed by atoms with E-state index in [4.69, 9.17) is 4.98 Å². The van der Waals surface area contributed by atoms with E-state index in [-0.39, 0.29) is 11.8 Å². The summed E-state index contributed by atoms with van der Waals surface area (Å²) in [7, 11) is 0. The van der Waals surface area contributed by atoms with E-state index < -0.39 is 0 Å². The number of nitrogens with one attached hydrogen (secondary N) is 1. The minimum absolute atomic E-state index is 0.103. The second-order valence-electron chi connectivity index (χ2n) is 7.04. The molecule has 130 valence electrons. The van der Waals surface area contributed by atoms with Gasteiger partial charge in [-0.2, -0.15) is 5.10 Å². The molecule has 0 spiro atoms. The first-order chi connectivity index (χ1) is 12.2. The molecule has 0 atom stereocenters. The molecule has 1 aliphatic carbocycles. The van der Waals surface area contributed by atoms with Crippen molar-refractivity contribution in [2.45, 2.75) is 52.5 Å². The van der Waals surface area contributed by atoms with Crippen LogP contribution in [-0.4, -0.2) is 20.7 Å². The molecule has 0 aliphatic heterocycles. The second kappa shape index (κ2) is 6.47. The van der Waals surface area contributed by atoms with Crippen molar-refractivity contribution in [1.29, 1.82) is 0 Å². The van der Waals surface area contributed by atoms with Gasteiger partial charge in [0.05, 0.1) is 10.9 Å². The van der Waals surface area contributed by atoms with Crippen molar-refractivity contribution in [3.05, 3.63) is 29.8 Å². The number of carbonyl (C=O) groups excluding carboxylic acids is 1.